The largest absolute Gasteiger partial charge is 0.388 e. The van der Waals surface area contributed by atoms with Gasteiger partial charge in [0, 0.05) is 17.8 Å². The predicted molar refractivity (Wildman–Crippen MR) is 66.4 cm³/mol. The molecule has 0 aromatic carbocycles. The lowest BCUT2D eigenvalue weighted by atomic mass is 10.2. The summed E-state index contributed by atoms with van der Waals surface area (Å²) in [5, 5.41) is 14.5. The summed E-state index contributed by atoms with van der Waals surface area (Å²) in [5.41, 5.74) is 0. The molecule has 3 nitrogen and oxygen atoms in total. The first-order chi connectivity index (χ1) is 7.74. The SMILES string of the molecule is CCCCC(=O)NCCC(O)c1cccs1. The van der Waals surface area contributed by atoms with Crippen LogP contribution in [0.3, 0.4) is 0 Å². The van der Waals surface area contributed by atoms with Crippen LogP contribution in [-0.4, -0.2) is 17.6 Å². The molecule has 0 radical (unpaired) electrons. The number of aliphatic hydroxyl groups is 1. The fourth-order valence-corrected chi connectivity index (χ4v) is 2.14. The van der Waals surface area contributed by atoms with E-state index in [1.165, 1.54) is 0 Å². The van der Waals surface area contributed by atoms with E-state index in [-0.39, 0.29) is 5.91 Å². The Hall–Kier alpha value is -0.870. The van der Waals surface area contributed by atoms with Crippen molar-refractivity contribution in [1.29, 1.82) is 0 Å². The first-order valence-corrected chi connectivity index (χ1v) is 6.60. The van der Waals surface area contributed by atoms with Gasteiger partial charge in [-0.15, -0.1) is 11.3 Å². The molecule has 0 fully saturated rings. The van der Waals surface area contributed by atoms with Crippen molar-refractivity contribution >= 4 is 17.2 Å². The Morgan fingerprint density at radius 1 is 1.62 bits per heavy atom. The lowest BCUT2D eigenvalue weighted by Gasteiger charge is -2.09. The number of rotatable bonds is 7. The number of unbranched alkanes of at least 4 members (excludes halogenated alkanes) is 1. The van der Waals surface area contributed by atoms with Gasteiger partial charge >= 0.3 is 0 Å². The number of nitrogens with one attached hydrogen (secondary N) is 1. The summed E-state index contributed by atoms with van der Waals surface area (Å²) in [6, 6.07) is 3.83. The molecule has 16 heavy (non-hydrogen) atoms. The first kappa shape index (κ1) is 13.2. The number of amides is 1. The maximum Gasteiger partial charge on any atom is 0.219 e. The molecular weight excluding hydrogens is 222 g/mol. The normalized spacial score (nSPS) is 12.4. The van der Waals surface area contributed by atoms with Crippen molar-refractivity contribution in [1.82, 2.24) is 5.32 Å². The Labute approximate surface area is 100 Å². The molecule has 0 bridgehead atoms. The molecule has 0 spiro atoms. The third-order valence-electron chi connectivity index (χ3n) is 2.37. The summed E-state index contributed by atoms with van der Waals surface area (Å²) >= 11 is 1.54. The molecule has 1 rings (SSSR count). The van der Waals surface area contributed by atoms with E-state index in [2.05, 4.69) is 12.2 Å². The van der Waals surface area contributed by atoms with Gasteiger partial charge in [0.1, 0.15) is 0 Å². The van der Waals surface area contributed by atoms with E-state index in [0.717, 1.165) is 17.7 Å². The Balaban J connectivity index is 2.13. The molecule has 1 aromatic heterocycles. The second kappa shape index (κ2) is 7.41. The summed E-state index contributed by atoms with van der Waals surface area (Å²) in [7, 11) is 0. The van der Waals surface area contributed by atoms with Crippen LogP contribution in [0.5, 0.6) is 0 Å². The minimum Gasteiger partial charge on any atom is -0.388 e. The molecule has 2 N–H and O–H groups in total. The highest BCUT2D eigenvalue weighted by molar-refractivity contribution is 7.10. The molecule has 0 aliphatic rings. The van der Waals surface area contributed by atoms with Crippen molar-refractivity contribution in [2.45, 2.75) is 38.7 Å². The molecule has 1 unspecified atom stereocenters. The highest BCUT2D eigenvalue weighted by Gasteiger charge is 2.08. The van der Waals surface area contributed by atoms with Gasteiger partial charge in [0.15, 0.2) is 0 Å². The highest BCUT2D eigenvalue weighted by Crippen LogP contribution is 2.20. The third kappa shape index (κ3) is 4.77. The van der Waals surface area contributed by atoms with Crippen LogP contribution >= 0.6 is 11.3 Å². The molecule has 1 heterocycles. The Kier molecular flexibility index (Phi) is 6.11. The van der Waals surface area contributed by atoms with Gasteiger partial charge in [-0.25, -0.2) is 0 Å². The van der Waals surface area contributed by atoms with E-state index >= 15 is 0 Å². The lowest BCUT2D eigenvalue weighted by Crippen LogP contribution is -2.25. The summed E-state index contributed by atoms with van der Waals surface area (Å²) in [6.45, 7) is 2.61. The molecule has 1 aromatic rings. The number of hydrogen-bond donors (Lipinski definition) is 2. The number of aliphatic hydroxyl groups excluding tert-OH is 1. The summed E-state index contributed by atoms with van der Waals surface area (Å²) in [4.78, 5) is 12.2. The van der Waals surface area contributed by atoms with Crippen molar-refractivity contribution in [3.63, 3.8) is 0 Å². The second-order valence-electron chi connectivity index (χ2n) is 3.77. The number of thiophene rings is 1. The van der Waals surface area contributed by atoms with Crippen molar-refractivity contribution < 1.29 is 9.90 Å². The predicted octanol–water partition coefficient (Wildman–Crippen LogP) is 2.48. The average molecular weight is 241 g/mol. The van der Waals surface area contributed by atoms with Gasteiger partial charge < -0.3 is 10.4 Å². The Bertz CT molecular complexity index is 298. The van der Waals surface area contributed by atoms with Crippen LogP contribution in [0.15, 0.2) is 17.5 Å². The zero-order chi connectivity index (χ0) is 11.8. The maximum absolute atomic E-state index is 11.3. The maximum atomic E-state index is 11.3. The molecule has 0 saturated heterocycles. The van der Waals surface area contributed by atoms with E-state index in [0.29, 0.717) is 19.4 Å². The van der Waals surface area contributed by atoms with Crippen LogP contribution in [0.25, 0.3) is 0 Å². The van der Waals surface area contributed by atoms with E-state index in [9.17, 15) is 9.90 Å². The van der Waals surface area contributed by atoms with Gasteiger partial charge in [0.25, 0.3) is 0 Å². The van der Waals surface area contributed by atoms with Gasteiger partial charge in [-0.05, 0) is 24.3 Å². The lowest BCUT2D eigenvalue weighted by molar-refractivity contribution is -0.121. The van der Waals surface area contributed by atoms with E-state index in [1.807, 2.05) is 17.5 Å². The zero-order valence-corrected chi connectivity index (χ0v) is 10.4. The van der Waals surface area contributed by atoms with E-state index in [1.54, 1.807) is 11.3 Å². The topological polar surface area (TPSA) is 49.3 Å². The molecule has 0 saturated carbocycles. The Morgan fingerprint density at radius 3 is 3.06 bits per heavy atom. The van der Waals surface area contributed by atoms with E-state index in [4.69, 9.17) is 0 Å². The second-order valence-corrected chi connectivity index (χ2v) is 4.75. The van der Waals surface area contributed by atoms with Gasteiger partial charge in [0.05, 0.1) is 6.10 Å². The molecule has 1 amide bonds. The van der Waals surface area contributed by atoms with Crippen molar-refractivity contribution in [2.75, 3.05) is 6.54 Å². The van der Waals surface area contributed by atoms with Gasteiger partial charge in [-0.1, -0.05) is 19.4 Å². The van der Waals surface area contributed by atoms with Crippen LogP contribution < -0.4 is 5.32 Å². The number of carbonyl (C=O) groups excluding carboxylic acids is 1. The van der Waals surface area contributed by atoms with Crippen LogP contribution in [0.1, 0.15) is 43.6 Å². The summed E-state index contributed by atoms with van der Waals surface area (Å²) in [6.07, 6.45) is 2.68. The minimum absolute atomic E-state index is 0.0835. The molecule has 90 valence electrons. The smallest absolute Gasteiger partial charge is 0.219 e. The van der Waals surface area contributed by atoms with Crippen molar-refractivity contribution in [2.24, 2.45) is 0 Å². The fourth-order valence-electron chi connectivity index (χ4n) is 1.40. The number of carbonyl (C=O) groups is 1. The first-order valence-electron chi connectivity index (χ1n) is 5.72. The van der Waals surface area contributed by atoms with Gasteiger partial charge in [-0.3, -0.25) is 4.79 Å². The fraction of sp³-hybridized carbons (Fsp3) is 0.583. The monoisotopic (exact) mass is 241 g/mol. The average Bonchev–Trinajstić information content (AvgIpc) is 2.79. The summed E-state index contributed by atoms with van der Waals surface area (Å²) < 4.78 is 0. The summed E-state index contributed by atoms with van der Waals surface area (Å²) in [5.74, 6) is 0.0835. The van der Waals surface area contributed by atoms with Gasteiger partial charge in [-0.2, -0.15) is 0 Å². The van der Waals surface area contributed by atoms with Gasteiger partial charge in [0.2, 0.25) is 5.91 Å². The molecule has 0 aliphatic heterocycles. The number of hydrogen-bond acceptors (Lipinski definition) is 3. The van der Waals surface area contributed by atoms with Crippen LogP contribution in [-0.2, 0) is 4.79 Å². The van der Waals surface area contributed by atoms with Crippen LogP contribution in [0.4, 0.5) is 0 Å². The van der Waals surface area contributed by atoms with E-state index < -0.39 is 6.10 Å². The van der Waals surface area contributed by atoms with Crippen LogP contribution in [0, 0.1) is 0 Å². The molecular formula is C12H19NO2S. The Morgan fingerprint density at radius 2 is 2.44 bits per heavy atom. The minimum atomic E-state index is -0.452. The molecule has 4 heteroatoms. The van der Waals surface area contributed by atoms with Crippen molar-refractivity contribution in [3.05, 3.63) is 22.4 Å². The highest BCUT2D eigenvalue weighted by atomic mass is 32.1. The molecule has 1 atom stereocenters. The standard InChI is InChI=1S/C12H19NO2S/c1-2-3-6-12(15)13-8-7-10(14)11-5-4-9-16-11/h4-5,9-10,14H,2-3,6-8H2,1H3,(H,13,15). The molecule has 0 aliphatic carbocycles. The third-order valence-corrected chi connectivity index (χ3v) is 3.34. The quantitative estimate of drug-likeness (QED) is 0.770. The van der Waals surface area contributed by atoms with Crippen molar-refractivity contribution in [3.8, 4) is 0 Å². The zero-order valence-electron chi connectivity index (χ0n) is 9.61. The van der Waals surface area contributed by atoms with Crippen LogP contribution in [0.2, 0.25) is 0 Å².